The molecule has 1 N–H and O–H groups in total. The molecule has 184 valence electrons. The number of allylic oxidation sites excluding steroid dienone is 1. The highest BCUT2D eigenvalue weighted by molar-refractivity contribution is 7.89. The number of carbonyl (C=O) groups is 1. The van der Waals surface area contributed by atoms with E-state index in [-0.39, 0.29) is 42.0 Å². The number of nitrogens with zero attached hydrogens (tertiary/aromatic N) is 3. The highest BCUT2D eigenvalue weighted by Gasteiger charge is 2.38. The highest BCUT2D eigenvalue weighted by atomic mass is 32.2. The number of carbonyl (C=O) groups excluding carboxylic acids is 1. The van der Waals surface area contributed by atoms with Crippen molar-refractivity contribution >= 4 is 22.0 Å². The maximum Gasteiger partial charge on any atom is 0.247 e. The second kappa shape index (κ2) is 11.1. The molecule has 1 aromatic heterocycles. The average molecular weight is 488 g/mol. The molecule has 9 heteroatoms. The van der Waals surface area contributed by atoms with Gasteiger partial charge in [-0.05, 0) is 49.2 Å². The Labute approximate surface area is 201 Å². The number of aliphatic hydroxyl groups excluding tert-OH is 1. The van der Waals surface area contributed by atoms with Gasteiger partial charge >= 0.3 is 0 Å². The Balaban J connectivity index is 1.94. The molecule has 3 atom stereocenters. The van der Waals surface area contributed by atoms with Crippen molar-refractivity contribution in [3.8, 4) is 5.75 Å². The third-order valence-corrected chi connectivity index (χ3v) is 8.05. The van der Waals surface area contributed by atoms with Crippen LogP contribution < -0.4 is 4.74 Å². The number of hydrogen-bond acceptors (Lipinski definition) is 6. The van der Waals surface area contributed by atoms with Crippen LogP contribution in [0.4, 0.5) is 0 Å². The maximum absolute atomic E-state index is 13.5. The zero-order chi connectivity index (χ0) is 24.9. The second-order valence-electron chi connectivity index (χ2n) is 8.75. The van der Waals surface area contributed by atoms with E-state index in [2.05, 4.69) is 4.98 Å². The first kappa shape index (κ1) is 25.9. The van der Waals surface area contributed by atoms with Crippen LogP contribution in [0.25, 0.3) is 6.08 Å². The number of ether oxygens (including phenoxy) is 1. The molecule has 8 nitrogen and oxygen atoms in total. The normalized spacial score (nSPS) is 21.2. The standard InChI is InChI=1S/C25H33N3O5S/c1-5-6-20-7-8-24-22(13-20)33-23(18(2)15-28(19(3)17-29)34(24,31)32)16-27(4)25(30)14-21-9-11-26-12-10-21/h5-13,18-19,23,29H,14-17H2,1-4H3/b6-5+/t18-,19+,23+/m1/s1. The lowest BCUT2D eigenvalue weighted by molar-refractivity contribution is -0.130. The Hall–Kier alpha value is -2.75. The van der Waals surface area contributed by atoms with Crippen molar-refractivity contribution in [2.45, 2.75) is 44.2 Å². The second-order valence-corrected chi connectivity index (χ2v) is 10.6. The minimum Gasteiger partial charge on any atom is -0.487 e. The van der Waals surface area contributed by atoms with Crippen molar-refractivity contribution < 1.29 is 23.1 Å². The number of amides is 1. The number of hydrogen-bond donors (Lipinski definition) is 1. The molecule has 0 saturated carbocycles. The lowest BCUT2D eigenvalue weighted by atomic mass is 10.0. The van der Waals surface area contributed by atoms with Gasteiger partial charge in [0.1, 0.15) is 16.7 Å². The summed E-state index contributed by atoms with van der Waals surface area (Å²) in [6, 6.07) is 7.99. The van der Waals surface area contributed by atoms with Crippen LogP contribution in [-0.2, 0) is 21.2 Å². The predicted octanol–water partition coefficient (Wildman–Crippen LogP) is 2.58. The molecule has 34 heavy (non-hydrogen) atoms. The molecular formula is C25H33N3O5S. The van der Waals surface area contributed by atoms with Crippen molar-refractivity contribution in [3.05, 3.63) is 59.9 Å². The Morgan fingerprint density at radius 3 is 2.68 bits per heavy atom. The molecule has 1 aliphatic rings. The van der Waals surface area contributed by atoms with Crippen molar-refractivity contribution in [1.29, 1.82) is 0 Å². The molecule has 0 fully saturated rings. The van der Waals surface area contributed by atoms with E-state index in [4.69, 9.17) is 4.74 Å². The van der Waals surface area contributed by atoms with Crippen molar-refractivity contribution in [2.24, 2.45) is 5.92 Å². The number of rotatable bonds is 7. The van der Waals surface area contributed by atoms with Crippen molar-refractivity contribution in [3.63, 3.8) is 0 Å². The van der Waals surface area contributed by atoms with Gasteiger partial charge in [0.25, 0.3) is 0 Å². The number of fused-ring (bicyclic) bond motifs is 1. The number of aliphatic hydroxyl groups is 1. The summed E-state index contributed by atoms with van der Waals surface area (Å²) < 4.78 is 34.6. The first-order chi connectivity index (χ1) is 16.2. The fourth-order valence-corrected chi connectivity index (χ4v) is 5.76. The third-order valence-electron chi connectivity index (χ3n) is 6.03. The molecular weight excluding hydrogens is 454 g/mol. The van der Waals surface area contributed by atoms with Gasteiger partial charge in [0.05, 0.1) is 19.6 Å². The molecule has 2 heterocycles. The van der Waals surface area contributed by atoms with Crippen LogP contribution in [0, 0.1) is 5.92 Å². The van der Waals surface area contributed by atoms with E-state index in [1.807, 2.05) is 26.0 Å². The van der Waals surface area contributed by atoms with E-state index in [1.54, 1.807) is 61.6 Å². The number of sulfonamides is 1. The van der Waals surface area contributed by atoms with Gasteiger partial charge in [0.15, 0.2) is 0 Å². The molecule has 0 bridgehead atoms. The summed E-state index contributed by atoms with van der Waals surface area (Å²) in [5.74, 6) is -0.0594. The summed E-state index contributed by atoms with van der Waals surface area (Å²) in [6.45, 7) is 5.62. The van der Waals surface area contributed by atoms with Gasteiger partial charge in [-0.15, -0.1) is 0 Å². The Kier molecular flexibility index (Phi) is 8.46. The molecule has 1 aromatic carbocycles. The quantitative estimate of drug-likeness (QED) is 0.644. The average Bonchev–Trinajstić information content (AvgIpc) is 2.81. The van der Waals surface area contributed by atoms with E-state index in [9.17, 15) is 18.3 Å². The summed E-state index contributed by atoms with van der Waals surface area (Å²) >= 11 is 0. The van der Waals surface area contributed by atoms with Crippen molar-refractivity contribution in [2.75, 3.05) is 26.7 Å². The zero-order valence-electron chi connectivity index (χ0n) is 20.1. The Morgan fingerprint density at radius 2 is 2.03 bits per heavy atom. The van der Waals surface area contributed by atoms with Gasteiger partial charge in [0.2, 0.25) is 15.9 Å². The topological polar surface area (TPSA) is 100 Å². The van der Waals surface area contributed by atoms with Crippen LogP contribution in [0.3, 0.4) is 0 Å². The largest absolute Gasteiger partial charge is 0.487 e. The maximum atomic E-state index is 13.5. The zero-order valence-corrected chi connectivity index (χ0v) is 20.9. The summed E-state index contributed by atoms with van der Waals surface area (Å²) in [5, 5.41) is 9.75. The molecule has 1 amide bonds. The van der Waals surface area contributed by atoms with E-state index < -0.39 is 22.2 Å². The van der Waals surface area contributed by atoms with Crippen LogP contribution in [-0.4, -0.2) is 72.5 Å². The summed E-state index contributed by atoms with van der Waals surface area (Å²) in [5.41, 5.74) is 1.68. The SMILES string of the molecule is C/C=C/c1ccc2c(c1)O[C@@H](CN(C)C(=O)Cc1ccncc1)[C@H](C)CN([C@@H](C)CO)S2(=O)=O. The van der Waals surface area contributed by atoms with Gasteiger partial charge in [-0.2, -0.15) is 4.31 Å². The van der Waals surface area contributed by atoms with E-state index in [0.717, 1.165) is 11.1 Å². The highest BCUT2D eigenvalue weighted by Crippen LogP contribution is 2.34. The van der Waals surface area contributed by atoms with Crippen molar-refractivity contribution in [1.82, 2.24) is 14.2 Å². The fraction of sp³-hybridized carbons (Fsp3) is 0.440. The number of pyridine rings is 1. The molecule has 0 spiro atoms. The van der Waals surface area contributed by atoms with E-state index in [1.165, 1.54) is 4.31 Å². The van der Waals surface area contributed by atoms with Crippen LogP contribution >= 0.6 is 0 Å². The summed E-state index contributed by atoms with van der Waals surface area (Å²) in [7, 11) is -2.17. The van der Waals surface area contributed by atoms with E-state index >= 15 is 0 Å². The molecule has 2 aromatic rings. The molecule has 0 radical (unpaired) electrons. The van der Waals surface area contributed by atoms with Gasteiger partial charge in [-0.25, -0.2) is 8.42 Å². The van der Waals surface area contributed by atoms with E-state index in [0.29, 0.717) is 6.54 Å². The van der Waals surface area contributed by atoms with Gasteiger partial charge in [0, 0.05) is 37.9 Å². The van der Waals surface area contributed by atoms with Gasteiger partial charge < -0.3 is 14.7 Å². The first-order valence-electron chi connectivity index (χ1n) is 11.4. The summed E-state index contributed by atoms with van der Waals surface area (Å²) in [4.78, 5) is 18.5. The number of likely N-dealkylation sites (N-methyl/N-ethyl adjacent to an activating group) is 1. The third kappa shape index (κ3) is 5.84. The Bertz CT molecular complexity index is 1120. The van der Waals surface area contributed by atoms with Crippen LogP contribution in [0.5, 0.6) is 5.75 Å². The molecule has 3 rings (SSSR count). The minimum atomic E-state index is -3.89. The molecule has 0 unspecified atom stereocenters. The van der Waals surface area contributed by atoms with Gasteiger partial charge in [-0.1, -0.05) is 25.1 Å². The summed E-state index contributed by atoms with van der Waals surface area (Å²) in [6.07, 6.45) is 6.83. The fourth-order valence-electron chi connectivity index (χ4n) is 3.94. The molecule has 1 aliphatic heterocycles. The molecule has 0 saturated heterocycles. The smallest absolute Gasteiger partial charge is 0.247 e. The predicted molar refractivity (Wildman–Crippen MR) is 131 cm³/mol. The number of aromatic nitrogens is 1. The lowest BCUT2D eigenvalue weighted by Crippen LogP contribution is -2.50. The van der Waals surface area contributed by atoms with Crippen LogP contribution in [0.1, 0.15) is 31.9 Å². The minimum absolute atomic E-state index is 0.0590. The molecule has 0 aliphatic carbocycles. The lowest BCUT2D eigenvalue weighted by Gasteiger charge is -2.37. The van der Waals surface area contributed by atoms with Gasteiger partial charge in [-0.3, -0.25) is 9.78 Å². The van der Waals surface area contributed by atoms with Crippen LogP contribution in [0.2, 0.25) is 0 Å². The van der Waals surface area contributed by atoms with Crippen LogP contribution in [0.15, 0.2) is 53.7 Å². The number of benzene rings is 1. The monoisotopic (exact) mass is 487 g/mol. The first-order valence-corrected chi connectivity index (χ1v) is 12.8. The Morgan fingerprint density at radius 1 is 1.32 bits per heavy atom.